The first-order valence-corrected chi connectivity index (χ1v) is 6.98. The van der Waals surface area contributed by atoms with Crippen LogP contribution in [0.15, 0.2) is 24.3 Å². The smallest absolute Gasteiger partial charge is 0.119 e. The summed E-state index contributed by atoms with van der Waals surface area (Å²) in [5.74, 6) is 1.47. The van der Waals surface area contributed by atoms with E-state index in [0.717, 1.165) is 25.0 Å². The molecule has 3 N–H and O–H groups in total. The first-order valence-electron chi connectivity index (χ1n) is 6.98. The number of ether oxygens (including phenoxy) is 2. The Morgan fingerprint density at radius 3 is 2.40 bits per heavy atom. The number of β-amino-alcohol motifs (C(OH)–C–C–N with tert-alkyl or cyclic N) is 1. The zero-order chi connectivity index (χ0) is 14.4. The lowest BCUT2D eigenvalue weighted by Gasteiger charge is -2.41. The van der Waals surface area contributed by atoms with Crippen molar-refractivity contribution in [2.24, 2.45) is 0 Å². The SMILES string of the molecule is COc1ccc(OCC(O)CNC2(CO)CCC2)cc1. The third-order valence-electron chi connectivity index (χ3n) is 3.83. The second kappa shape index (κ2) is 6.92. The van der Waals surface area contributed by atoms with E-state index >= 15 is 0 Å². The van der Waals surface area contributed by atoms with Gasteiger partial charge in [0, 0.05) is 12.1 Å². The fourth-order valence-electron chi connectivity index (χ4n) is 2.25. The highest BCUT2D eigenvalue weighted by molar-refractivity contribution is 5.31. The Morgan fingerprint density at radius 2 is 1.90 bits per heavy atom. The molecular formula is C15H23NO4. The van der Waals surface area contributed by atoms with Gasteiger partial charge in [-0.15, -0.1) is 0 Å². The van der Waals surface area contributed by atoms with Crippen molar-refractivity contribution >= 4 is 0 Å². The molecule has 5 nitrogen and oxygen atoms in total. The highest BCUT2D eigenvalue weighted by atomic mass is 16.5. The molecule has 5 heteroatoms. The van der Waals surface area contributed by atoms with Gasteiger partial charge in [0.2, 0.25) is 0 Å². The van der Waals surface area contributed by atoms with Gasteiger partial charge in [-0.1, -0.05) is 0 Å². The van der Waals surface area contributed by atoms with Crippen LogP contribution in [0.25, 0.3) is 0 Å². The van der Waals surface area contributed by atoms with Crippen LogP contribution in [0.4, 0.5) is 0 Å². The largest absolute Gasteiger partial charge is 0.497 e. The molecule has 1 fully saturated rings. The van der Waals surface area contributed by atoms with Gasteiger partial charge in [-0.05, 0) is 43.5 Å². The fourth-order valence-corrected chi connectivity index (χ4v) is 2.25. The van der Waals surface area contributed by atoms with Gasteiger partial charge < -0.3 is 25.0 Å². The fraction of sp³-hybridized carbons (Fsp3) is 0.600. The van der Waals surface area contributed by atoms with E-state index in [-0.39, 0.29) is 18.8 Å². The second-order valence-electron chi connectivity index (χ2n) is 5.31. The minimum atomic E-state index is -0.596. The van der Waals surface area contributed by atoms with Crippen molar-refractivity contribution in [1.82, 2.24) is 5.32 Å². The van der Waals surface area contributed by atoms with Gasteiger partial charge in [-0.25, -0.2) is 0 Å². The molecule has 1 aromatic rings. The van der Waals surface area contributed by atoms with E-state index in [1.54, 1.807) is 19.2 Å². The molecule has 0 amide bonds. The third kappa shape index (κ3) is 3.85. The van der Waals surface area contributed by atoms with Gasteiger partial charge in [-0.2, -0.15) is 0 Å². The zero-order valence-corrected chi connectivity index (χ0v) is 11.8. The minimum Gasteiger partial charge on any atom is -0.497 e. The quantitative estimate of drug-likeness (QED) is 0.661. The van der Waals surface area contributed by atoms with Gasteiger partial charge in [0.05, 0.1) is 13.7 Å². The average Bonchev–Trinajstić information content (AvgIpc) is 2.45. The molecule has 0 heterocycles. The van der Waals surface area contributed by atoms with E-state index in [0.29, 0.717) is 12.3 Å². The summed E-state index contributed by atoms with van der Waals surface area (Å²) in [6, 6.07) is 7.24. The van der Waals surface area contributed by atoms with Gasteiger partial charge in [0.1, 0.15) is 24.2 Å². The first kappa shape index (κ1) is 15.1. The Bertz CT molecular complexity index is 397. The maximum Gasteiger partial charge on any atom is 0.119 e. The van der Waals surface area contributed by atoms with Gasteiger partial charge >= 0.3 is 0 Å². The van der Waals surface area contributed by atoms with Crippen LogP contribution >= 0.6 is 0 Å². The number of rotatable bonds is 8. The van der Waals surface area contributed by atoms with Crippen molar-refractivity contribution in [2.75, 3.05) is 26.9 Å². The Kier molecular flexibility index (Phi) is 5.23. The molecule has 0 radical (unpaired) electrons. The molecule has 1 aliphatic rings. The number of benzene rings is 1. The number of hydrogen-bond donors (Lipinski definition) is 3. The summed E-state index contributed by atoms with van der Waals surface area (Å²) in [7, 11) is 1.61. The van der Waals surface area contributed by atoms with Crippen LogP contribution in [0.2, 0.25) is 0 Å². The molecule has 1 atom stereocenters. The van der Waals surface area contributed by atoms with E-state index in [2.05, 4.69) is 5.32 Å². The minimum absolute atomic E-state index is 0.124. The lowest BCUT2D eigenvalue weighted by molar-refractivity contribution is 0.0540. The van der Waals surface area contributed by atoms with Crippen molar-refractivity contribution in [3.63, 3.8) is 0 Å². The molecule has 20 heavy (non-hydrogen) atoms. The highest BCUT2D eigenvalue weighted by Gasteiger charge is 2.35. The molecule has 2 rings (SSSR count). The predicted octanol–water partition coefficient (Wildman–Crippen LogP) is 0.939. The predicted molar refractivity (Wildman–Crippen MR) is 76.2 cm³/mol. The van der Waals surface area contributed by atoms with E-state index in [1.165, 1.54) is 0 Å². The maximum absolute atomic E-state index is 9.90. The molecule has 1 aromatic carbocycles. The molecule has 1 aliphatic carbocycles. The molecule has 1 unspecified atom stereocenters. The van der Waals surface area contributed by atoms with Crippen molar-refractivity contribution in [3.05, 3.63) is 24.3 Å². The molecule has 112 valence electrons. The topological polar surface area (TPSA) is 71.0 Å². The number of hydrogen-bond acceptors (Lipinski definition) is 5. The Labute approximate surface area is 119 Å². The van der Waals surface area contributed by atoms with Crippen LogP contribution in [-0.4, -0.2) is 48.7 Å². The zero-order valence-electron chi connectivity index (χ0n) is 11.8. The van der Waals surface area contributed by atoms with E-state index in [1.807, 2.05) is 12.1 Å². The summed E-state index contributed by atoms with van der Waals surface area (Å²) >= 11 is 0. The van der Waals surface area contributed by atoms with Crippen LogP contribution in [0, 0.1) is 0 Å². The Balaban J connectivity index is 1.70. The summed E-state index contributed by atoms with van der Waals surface area (Å²) in [5.41, 5.74) is -0.179. The maximum atomic E-state index is 9.90. The summed E-state index contributed by atoms with van der Waals surface area (Å²) in [6.07, 6.45) is 2.47. The number of nitrogens with one attached hydrogen (secondary N) is 1. The summed E-state index contributed by atoms with van der Waals surface area (Å²) in [5, 5.41) is 22.5. The summed E-state index contributed by atoms with van der Waals surface area (Å²) in [4.78, 5) is 0. The molecule has 1 saturated carbocycles. The molecular weight excluding hydrogens is 258 g/mol. The standard InChI is InChI=1S/C15H23NO4/c1-19-13-3-5-14(6-4-13)20-10-12(18)9-16-15(11-17)7-2-8-15/h3-6,12,16-18H,2,7-11H2,1H3. The van der Waals surface area contributed by atoms with E-state index in [9.17, 15) is 10.2 Å². The van der Waals surface area contributed by atoms with Crippen LogP contribution in [0.5, 0.6) is 11.5 Å². The van der Waals surface area contributed by atoms with E-state index < -0.39 is 6.10 Å². The monoisotopic (exact) mass is 281 g/mol. The van der Waals surface area contributed by atoms with Crippen molar-refractivity contribution in [3.8, 4) is 11.5 Å². The van der Waals surface area contributed by atoms with Gasteiger partial charge in [0.25, 0.3) is 0 Å². The Morgan fingerprint density at radius 1 is 1.25 bits per heavy atom. The van der Waals surface area contributed by atoms with Crippen LogP contribution < -0.4 is 14.8 Å². The first-order chi connectivity index (χ1) is 9.67. The lowest BCUT2D eigenvalue weighted by atomic mass is 9.77. The average molecular weight is 281 g/mol. The lowest BCUT2D eigenvalue weighted by Crippen LogP contribution is -2.56. The number of methoxy groups -OCH3 is 1. The summed E-state index contributed by atoms with van der Waals surface area (Å²) in [6.45, 7) is 0.774. The van der Waals surface area contributed by atoms with E-state index in [4.69, 9.17) is 9.47 Å². The van der Waals surface area contributed by atoms with Gasteiger partial charge in [-0.3, -0.25) is 0 Å². The van der Waals surface area contributed by atoms with Crippen LogP contribution in [-0.2, 0) is 0 Å². The Hall–Kier alpha value is -1.30. The molecule has 0 aliphatic heterocycles. The normalized spacial score (nSPS) is 18.1. The van der Waals surface area contributed by atoms with Crippen LogP contribution in [0.3, 0.4) is 0 Å². The van der Waals surface area contributed by atoms with Crippen molar-refractivity contribution in [1.29, 1.82) is 0 Å². The number of aliphatic hydroxyl groups excluding tert-OH is 2. The van der Waals surface area contributed by atoms with Gasteiger partial charge in [0.15, 0.2) is 0 Å². The molecule has 0 spiro atoms. The molecule has 0 saturated heterocycles. The second-order valence-corrected chi connectivity index (χ2v) is 5.31. The highest BCUT2D eigenvalue weighted by Crippen LogP contribution is 2.30. The molecule has 0 bridgehead atoms. The number of aliphatic hydroxyl groups is 2. The van der Waals surface area contributed by atoms with Crippen molar-refractivity contribution < 1.29 is 19.7 Å². The molecule has 0 aromatic heterocycles. The van der Waals surface area contributed by atoms with Crippen LogP contribution in [0.1, 0.15) is 19.3 Å². The third-order valence-corrected chi connectivity index (χ3v) is 3.83. The summed E-state index contributed by atoms with van der Waals surface area (Å²) < 4.78 is 10.6. The van der Waals surface area contributed by atoms with Crippen molar-refractivity contribution in [2.45, 2.75) is 30.9 Å².